The second-order valence-electron chi connectivity index (χ2n) is 7.28. The van der Waals surface area contributed by atoms with Crippen molar-refractivity contribution in [3.63, 3.8) is 0 Å². The third-order valence-corrected chi connectivity index (χ3v) is 6.93. The molecule has 0 saturated carbocycles. The van der Waals surface area contributed by atoms with Crippen LogP contribution in [0.15, 0.2) is 35.7 Å². The molecule has 1 fully saturated rings. The number of aliphatic hydroxyl groups is 1. The summed E-state index contributed by atoms with van der Waals surface area (Å²) in [6.45, 7) is 1.88. The van der Waals surface area contributed by atoms with Gasteiger partial charge in [0.05, 0.1) is 22.6 Å². The number of H-pyrrole nitrogens is 1. The number of nitrogens with zero attached hydrogens (tertiary/aromatic N) is 4. The molecule has 0 radical (unpaired) electrons. The van der Waals surface area contributed by atoms with E-state index >= 15 is 0 Å². The maximum absolute atomic E-state index is 12.4. The first-order valence-corrected chi connectivity index (χ1v) is 11.3. The Kier molecular flexibility index (Phi) is 5.84. The molecule has 0 amide bonds. The van der Waals surface area contributed by atoms with Crippen LogP contribution in [0.4, 0.5) is 17.2 Å². The second kappa shape index (κ2) is 8.54. The van der Waals surface area contributed by atoms with Gasteiger partial charge in [0.25, 0.3) is 0 Å². The molecule has 11 heteroatoms. The van der Waals surface area contributed by atoms with E-state index in [1.807, 2.05) is 6.07 Å². The first kappa shape index (κ1) is 20.5. The van der Waals surface area contributed by atoms with E-state index in [0.717, 1.165) is 38.0 Å². The van der Waals surface area contributed by atoms with Crippen LogP contribution in [-0.2, 0) is 10.0 Å². The fourth-order valence-electron chi connectivity index (χ4n) is 3.81. The molecule has 0 aliphatic carbocycles. The number of aromatic amines is 1. The molecular weight excluding hydrogens is 406 g/mol. The molecule has 0 atom stereocenters. The van der Waals surface area contributed by atoms with E-state index < -0.39 is 10.0 Å². The van der Waals surface area contributed by atoms with Gasteiger partial charge >= 0.3 is 0 Å². The van der Waals surface area contributed by atoms with Crippen LogP contribution in [0.3, 0.4) is 0 Å². The Balaban J connectivity index is 1.70. The number of aliphatic hydroxyl groups excluding tert-OH is 1. The fourth-order valence-corrected chi connectivity index (χ4v) is 4.56. The number of anilines is 3. The molecule has 0 bridgehead atoms. The van der Waals surface area contributed by atoms with Gasteiger partial charge in [-0.15, -0.1) is 0 Å². The Bertz CT molecular complexity index is 1120. The molecule has 160 valence electrons. The van der Waals surface area contributed by atoms with Crippen molar-refractivity contribution >= 4 is 38.4 Å². The third-order valence-electron chi connectivity index (χ3n) is 5.52. The van der Waals surface area contributed by atoms with Crippen LogP contribution in [0.2, 0.25) is 0 Å². The third kappa shape index (κ3) is 4.09. The van der Waals surface area contributed by atoms with E-state index in [4.69, 9.17) is 0 Å². The quantitative estimate of drug-likeness (QED) is 0.443. The number of fused-ring (bicyclic) bond motifs is 1. The SMILES string of the molecule is CNS(=O)(=O)c1ccc(N2CCC(CCO)CC2)c(Nc2ncnc3nc[nH]c23)c1. The first-order valence-electron chi connectivity index (χ1n) is 9.86. The van der Waals surface area contributed by atoms with Crippen LogP contribution < -0.4 is 14.9 Å². The van der Waals surface area contributed by atoms with Crippen molar-refractivity contribution < 1.29 is 13.5 Å². The number of imidazole rings is 1. The van der Waals surface area contributed by atoms with Crippen LogP contribution in [0.5, 0.6) is 0 Å². The van der Waals surface area contributed by atoms with Crippen molar-refractivity contribution in [3.05, 3.63) is 30.9 Å². The summed E-state index contributed by atoms with van der Waals surface area (Å²) in [7, 11) is -2.21. The van der Waals surface area contributed by atoms with Gasteiger partial charge in [0.2, 0.25) is 10.0 Å². The van der Waals surface area contributed by atoms with E-state index in [-0.39, 0.29) is 11.5 Å². The van der Waals surface area contributed by atoms with Gasteiger partial charge in [0.15, 0.2) is 11.5 Å². The normalized spacial score (nSPS) is 15.6. The minimum atomic E-state index is -3.60. The van der Waals surface area contributed by atoms with Crippen molar-refractivity contribution in [1.29, 1.82) is 0 Å². The number of rotatable bonds is 7. The zero-order chi connectivity index (χ0) is 21.1. The van der Waals surface area contributed by atoms with Crippen LogP contribution in [-0.4, -0.2) is 60.2 Å². The van der Waals surface area contributed by atoms with Crippen LogP contribution >= 0.6 is 0 Å². The Morgan fingerprint density at radius 1 is 1.23 bits per heavy atom. The second-order valence-corrected chi connectivity index (χ2v) is 9.16. The van der Waals surface area contributed by atoms with Gasteiger partial charge in [-0.1, -0.05) is 0 Å². The summed E-state index contributed by atoms with van der Waals surface area (Å²) in [5.41, 5.74) is 2.71. The Labute approximate surface area is 174 Å². The molecule has 1 aliphatic heterocycles. The zero-order valence-electron chi connectivity index (χ0n) is 16.7. The highest BCUT2D eigenvalue weighted by Gasteiger charge is 2.23. The molecule has 3 heterocycles. The van der Waals surface area contributed by atoms with Gasteiger partial charge in [-0.2, -0.15) is 0 Å². The van der Waals surface area contributed by atoms with Crippen molar-refractivity contribution in [2.75, 3.05) is 37.0 Å². The maximum Gasteiger partial charge on any atom is 0.240 e. The highest BCUT2D eigenvalue weighted by molar-refractivity contribution is 7.89. The van der Waals surface area contributed by atoms with Crippen molar-refractivity contribution in [2.24, 2.45) is 5.92 Å². The van der Waals surface area contributed by atoms with Gasteiger partial charge in [0.1, 0.15) is 11.8 Å². The molecule has 1 aromatic carbocycles. The summed E-state index contributed by atoms with van der Waals surface area (Å²) >= 11 is 0. The lowest BCUT2D eigenvalue weighted by Crippen LogP contribution is -2.34. The lowest BCUT2D eigenvalue weighted by molar-refractivity contribution is 0.240. The molecule has 3 aromatic rings. The summed E-state index contributed by atoms with van der Waals surface area (Å²) in [6, 6.07) is 5.05. The van der Waals surface area contributed by atoms with Crippen LogP contribution in [0.1, 0.15) is 19.3 Å². The van der Waals surface area contributed by atoms with E-state index in [1.165, 1.54) is 13.4 Å². The van der Waals surface area contributed by atoms with E-state index in [2.05, 4.69) is 34.9 Å². The molecule has 0 spiro atoms. The van der Waals surface area contributed by atoms with Crippen LogP contribution in [0.25, 0.3) is 11.2 Å². The first-order chi connectivity index (χ1) is 14.5. The van der Waals surface area contributed by atoms with E-state index in [1.54, 1.807) is 18.5 Å². The smallest absolute Gasteiger partial charge is 0.240 e. The maximum atomic E-state index is 12.4. The Morgan fingerprint density at radius 2 is 2.03 bits per heavy atom. The van der Waals surface area contributed by atoms with Gasteiger partial charge in [0, 0.05) is 19.7 Å². The van der Waals surface area contributed by atoms with Gasteiger partial charge in [-0.25, -0.2) is 28.1 Å². The highest BCUT2D eigenvalue weighted by Crippen LogP contribution is 2.35. The minimum Gasteiger partial charge on any atom is -0.396 e. The largest absolute Gasteiger partial charge is 0.396 e. The number of sulfonamides is 1. The molecule has 10 nitrogen and oxygen atoms in total. The predicted molar refractivity (Wildman–Crippen MR) is 114 cm³/mol. The lowest BCUT2D eigenvalue weighted by Gasteiger charge is -2.34. The average molecular weight is 432 g/mol. The summed E-state index contributed by atoms with van der Waals surface area (Å²) in [5, 5.41) is 12.5. The Hall–Kier alpha value is -2.76. The molecular formula is C19H25N7O3S. The molecule has 1 saturated heterocycles. The summed E-state index contributed by atoms with van der Waals surface area (Å²) < 4.78 is 27.1. The minimum absolute atomic E-state index is 0.168. The molecule has 30 heavy (non-hydrogen) atoms. The zero-order valence-corrected chi connectivity index (χ0v) is 17.5. The van der Waals surface area contributed by atoms with Gasteiger partial charge in [-0.3, -0.25) is 0 Å². The number of hydrogen-bond donors (Lipinski definition) is 4. The lowest BCUT2D eigenvalue weighted by atomic mass is 9.93. The average Bonchev–Trinajstić information content (AvgIpc) is 3.25. The summed E-state index contributed by atoms with van der Waals surface area (Å²) in [5.74, 6) is 1.03. The molecule has 1 aliphatic rings. The van der Waals surface area contributed by atoms with E-state index in [0.29, 0.717) is 28.6 Å². The van der Waals surface area contributed by atoms with Crippen LogP contribution in [0, 0.1) is 5.92 Å². The fraction of sp³-hybridized carbons (Fsp3) is 0.421. The van der Waals surface area contributed by atoms with Gasteiger partial charge in [-0.05, 0) is 50.4 Å². The number of hydrogen-bond acceptors (Lipinski definition) is 8. The van der Waals surface area contributed by atoms with Crippen molar-refractivity contribution in [3.8, 4) is 0 Å². The number of benzene rings is 1. The molecule has 4 rings (SSSR count). The van der Waals surface area contributed by atoms with Crippen molar-refractivity contribution in [2.45, 2.75) is 24.2 Å². The molecule has 0 unspecified atom stereocenters. The number of nitrogens with one attached hydrogen (secondary N) is 3. The molecule has 2 aromatic heterocycles. The number of piperidine rings is 1. The molecule has 4 N–H and O–H groups in total. The topological polar surface area (TPSA) is 136 Å². The predicted octanol–water partition coefficient (Wildman–Crippen LogP) is 1.60. The Morgan fingerprint density at radius 3 is 2.77 bits per heavy atom. The van der Waals surface area contributed by atoms with Crippen molar-refractivity contribution in [1.82, 2.24) is 24.7 Å². The standard InChI is InChI=1S/C19H25N7O3S/c1-20-30(28,29)14-2-3-16(26-7-4-13(5-8-26)6-9-27)15(10-14)25-19-17-18(22-11-21-17)23-12-24-19/h2-3,10-13,20,27H,4-9H2,1H3,(H2,21,22,23,24,25). The summed E-state index contributed by atoms with van der Waals surface area (Å²) in [6.07, 6.45) is 5.74. The van der Waals surface area contributed by atoms with E-state index in [9.17, 15) is 13.5 Å². The highest BCUT2D eigenvalue weighted by atomic mass is 32.2. The number of aromatic nitrogens is 4. The summed E-state index contributed by atoms with van der Waals surface area (Å²) in [4.78, 5) is 18.0. The monoisotopic (exact) mass is 431 g/mol. The van der Waals surface area contributed by atoms with Gasteiger partial charge < -0.3 is 20.3 Å².